The van der Waals surface area contributed by atoms with Crippen molar-refractivity contribution in [2.75, 3.05) is 7.11 Å². The number of hydrogen-bond donors (Lipinski definition) is 0. The average Bonchev–Trinajstić information content (AvgIpc) is 2.06. The SMILES string of the molecule is CCC(/C=C/C(C)C=O)OC. The van der Waals surface area contributed by atoms with Gasteiger partial charge in [-0.05, 0) is 6.42 Å². The molecule has 0 bridgehead atoms. The Bertz CT molecular complexity index is 126. The Kier molecular flexibility index (Phi) is 5.75. The average molecular weight is 156 g/mol. The Morgan fingerprint density at radius 2 is 2.09 bits per heavy atom. The molecule has 0 rings (SSSR count). The van der Waals surface area contributed by atoms with Crippen LogP contribution in [0.3, 0.4) is 0 Å². The Balaban J connectivity index is 3.77. The zero-order valence-electron chi connectivity index (χ0n) is 7.41. The molecule has 0 aliphatic heterocycles. The largest absolute Gasteiger partial charge is 0.377 e. The maximum Gasteiger partial charge on any atom is 0.126 e. The van der Waals surface area contributed by atoms with Gasteiger partial charge < -0.3 is 9.53 Å². The first kappa shape index (κ1) is 10.4. The summed E-state index contributed by atoms with van der Waals surface area (Å²) >= 11 is 0. The van der Waals surface area contributed by atoms with E-state index in [1.807, 2.05) is 26.0 Å². The molecular formula is C9H16O2. The number of hydrogen-bond acceptors (Lipinski definition) is 2. The van der Waals surface area contributed by atoms with Gasteiger partial charge >= 0.3 is 0 Å². The molecule has 0 fully saturated rings. The lowest BCUT2D eigenvalue weighted by molar-refractivity contribution is -0.109. The van der Waals surface area contributed by atoms with Gasteiger partial charge in [0.15, 0.2) is 0 Å². The summed E-state index contributed by atoms with van der Waals surface area (Å²) in [5, 5.41) is 0. The molecule has 0 N–H and O–H groups in total. The van der Waals surface area contributed by atoms with E-state index in [-0.39, 0.29) is 12.0 Å². The zero-order valence-corrected chi connectivity index (χ0v) is 7.41. The Hall–Kier alpha value is -0.630. The Morgan fingerprint density at radius 1 is 1.45 bits per heavy atom. The minimum atomic E-state index is -0.000741. The van der Waals surface area contributed by atoms with Gasteiger partial charge in [0.25, 0.3) is 0 Å². The molecule has 64 valence electrons. The first-order valence-electron chi connectivity index (χ1n) is 3.91. The zero-order chi connectivity index (χ0) is 8.69. The molecule has 2 atom stereocenters. The van der Waals surface area contributed by atoms with Crippen LogP contribution in [-0.4, -0.2) is 19.5 Å². The van der Waals surface area contributed by atoms with Crippen molar-refractivity contribution in [3.05, 3.63) is 12.2 Å². The third kappa shape index (κ3) is 4.73. The maximum absolute atomic E-state index is 10.2. The molecule has 0 aromatic heterocycles. The molecule has 2 nitrogen and oxygen atoms in total. The van der Waals surface area contributed by atoms with Crippen LogP contribution in [0.25, 0.3) is 0 Å². The fourth-order valence-corrected chi connectivity index (χ4v) is 0.726. The van der Waals surface area contributed by atoms with Crippen molar-refractivity contribution in [1.29, 1.82) is 0 Å². The topological polar surface area (TPSA) is 26.3 Å². The van der Waals surface area contributed by atoms with E-state index in [4.69, 9.17) is 4.74 Å². The van der Waals surface area contributed by atoms with Crippen LogP contribution in [0.2, 0.25) is 0 Å². The molecular weight excluding hydrogens is 140 g/mol. The van der Waals surface area contributed by atoms with Gasteiger partial charge in [-0.3, -0.25) is 0 Å². The van der Waals surface area contributed by atoms with Crippen molar-refractivity contribution in [3.63, 3.8) is 0 Å². The molecule has 2 unspecified atom stereocenters. The van der Waals surface area contributed by atoms with Crippen LogP contribution in [-0.2, 0) is 9.53 Å². The molecule has 0 aromatic rings. The molecule has 0 amide bonds. The van der Waals surface area contributed by atoms with Crippen LogP contribution in [0.1, 0.15) is 20.3 Å². The van der Waals surface area contributed by atoms with E-state index >= 15 is 0 Å². The molecule has 0 heterocycles. The number of allylic oxidation sites excluding steroid dienone is 1. The normalized spacial score (nSPS) is 16.6. The summed E-state index contributed by atoms with van der Waals surface area (Å²) in [6.45, 7) is 3.90. The summed E-state index contributed by atoms with van der Waals surface area (Å²) < 4.78 is 5.09. The standard InChI is InChI=1S/C9H16O2/c1-4-9(11-3)6-5-8(2)7-10/h5-9H,4H2,1-3H3/b6-5+. The number of aldehydes is 1. The Labute approximate surface area is 68.2 Å². The van der Waals surface area contributed by atoms with E-state index in [0.717, 1.165) is 12.7 Å². The highest BCUT2D eigenvalue weighted by Crippen LogP contribution is 2.00. The summed E-state index contributed by atoms with van der Waals surface area (Å²) in [4.78, 5) is 10.2. The van der Waals surface area contributed by atoms with Gasteiger partial charge in [-0.15, -0.1) is 0 Å². The van der Waals surface area contributed by atoms with Gasteiger partial charge in [0, 0.05) is 13.0 Å². The number of ether oxygens (including phenoxy) is 1. The van der Waals surface area contributed by atoms with E-state index in [2.05, 4.69) is 0 Å². The van der Waals surface area contributed by atoms with Crippen molar-refractivity contribution in [1.82, 2.24) is 0 Å². The summed E-state index contributed by atoms with van der Waals surface area (Å²) in [6.07, 6.45) is 5.80. The number of carbonyl (C=O) groups excluding carboxylic acids is 1. The first-order valence-corrected chi connectivity index (χ1v) is 3.91. The van der Waals surface area contributed by atoms with E-state index < -0.39 is 0 Å². The smallest absolute Gasteiger partial charge is 0.126 e. The second-order valence-electron chi connectivity index (χ2n) is 2.56. The van der Waals surface area contributed by atoms with Gasteiger partial charge in [0.2, 0.25) is 0 Å². The lowest BCUT2D eigenvalue weighted by atomic mass is 10.1. The predicted molar refractivity (Wildman–Crippen MR) is 45.5 cm³/mol. The molecule has 0 saturated carbocycles. The third-order valence-corrected chi connectivity index (χ3v) is 1.55. The molecule has 0 saturated heterocycles. The van der Waals surface area contributed by atoms with Crippen LogP contribution < -0.4 is 0 Å². The van der Waals surface area contributed by atoms with Crippen LogP contribution >= 0.6 is 0 Å². The van der Waals surface area contributed by atoms with E-state index in [1.165, 1.54) is 0 Å². The van der Waals surface area contributed by atoms with Crippen molar-refractivity contribution in [2.24, 2.45) is 5.92 Å². The van der Waals surface area contributed by atoms with Crippen LogP contribution in [0, 0.1) is 5.92 Å². The van der Waals surface area contributed by atoms with E-state index in [1.54, 1.807) is 7.11 Å². The molecule has 0 spiro atoms. The van der Waals surface area contributed by atoms with Crippen molar-refractivity contribution < 1.29 is 9.53 Å². The summed E-state index contributed by atoms with van der Waals surface area (Å²) in [6, 6.07) is 0. The van der Waals surface area contributed by atoms with Crippen molar-refractivity contribution >= 4 is 6.29 Å². The monoisotopic (exact) mass is 156 g/mol. The van der Waals surface area contributed by atoms with Crippen LogP contribution in [0.5, 0.6) is 0 Å². The quantitative estimate of drug-likeness (QED) is 0.448. The highest BCUT2D eigenvalue weighted by atomic mass is 16.5. The van der Waals surface area contributed by atoms with Gasteiger partial charge in [-0.25, -0.2) is 0 Å². The predicted octanol–water partition coefficient (Wildman–Crippen LogP) is 1.80. The number of carbonyl (C=O) groups is 1. The maximum atomic E-state index is 10.2. The number of rotatable bonds is 5. The minimum absolute atomic E-state index is 0.000741. The second kappa shape index (κ2) is 6.10. The first-order chi connectivity index (χ1) is 5.24. The third-order valence-electron chi connectivity index (χ3n) is 1.55. The van der Waals surface area contributed by atoms with Gasteiger partial charge in [0.05, 0.1) is 6.10 Å². The highest BCUT2D eigenvalue weighted by Gasteiger charge is 1.98. The molecule has 0 aliphatic rings. The summed E-state index contributed by atoms with van der Waals surface area (Å²) in [5.41, 5.74) is 0. The van der Waals surface area contributed by atoms with Gasteiger partial charge in [-0.2, -0.15) is 0 Å². The Morgan fingerprint density at radius 3 is 2.45 bits per heavy atom. The fraction of sp³-hybridized carbons (Fsp3) is 0.667. The lowest BCUT2D eigenvalue weighted by Gasteiger charge is -2.06. The summed E-state index contributed by atoms with van der Waals surface area (Å²) in [7, 11) is 1.67. The van der Waals surface area contributed by atoms with Crippen LogP contribution in [0.15, 0.2) is 12.2 Å². The molecule has 0 radical (unpaired) electrons. The van der Waals surface area contributed by atoms with Crippen molar-refractivity contribution in [3.8, 4) is 0 Å². The highest BCUT2D eigenvalue weighted by molar-refractivity contribution is 5.55. The molecule has 0 aliphatic carbocycles. The van der Waals surface area contributed by atoms with Crippen molar-refractivity contribution in [2.45, 2.75) is 26.4 Å². The fourth-order valence-electron chi connectivity index (χ4n) is 0.726. The molecule has 11 heavy (non-hydrogen) atoms. The van der Waals surface area contributed by atoms with Gasteiger partial charge in [-0.1, -0.05) is 26.0 Å². The molecule has 0 aromatic carbocycles. The van der Waals surface area contributed by atoms with E-state index in [0.29, 0.717) is 0 Å². The van der Waals surface area contributed by atoms with E-state index in [9.17, 15) is 4.79 Å². The number of methoxy groups -OCH3 is 1. The second-order valence-corrected chi connectivity index (χ2v) is 2.56. The van der Waals surface area contributed by atoms with Crippen LogP contribution in [0.4, 0.5) is 0 Å². The minimum Gasteiger partial charge on any atom is -0.377 e. The lowest BCUT2D eigenvalue weighted by Crippen LogP contribution is -2.05. The van der Waals surface area contributed by atoms with Gasteiger partial charge in [0.1, 0.15) is 6.29 Å². The molecule has 2 heteroatoms. The summed E-state index contributed by atoms with van der Waals surface area (Å²) in [5.74, 6) is -0.000741.